The van der Waals surface area contributed by atoms with Gasteiger partial charge in [-0.05, 0) is 18.8 Å². The van der Waals surface area contributed by atoms with E-state index in [9.17, 15) is 4.79 Å². The second-order valence-corrected chi connectivity index (χ2v) is 5.79. The van der Waals surface area contributed by atoms with Crippen LogP contribution in [0.1, 0.15) is 37.2 Å². The van der Waals surface area contributed by atoms with Gasteiger partial charge in [-0.25, -0.2) is 20.0 Å². The number of hydrogen-bond donors (Lipinski definition) is 1. The van der Waals surface area contributed by atoms with Crippen molar-refractivity contribution < 1.29 is 4.79 Å². The molecule has 1 saturated carbocycles. The quantitative estimate of drug-likeness (QED) is 0.660. The van der Waals surface area contributed by atoms with Crippen molar-refractivity contribution in [2.75, 3.05) is 13.6 Å². The molecule has 0 saturated heterocycles. The van der Waals surface area contributed by atoms with E-state index < -0.39 is 0 Å². The molecule has 1 aromatic rings. The molecule has 7 heteroatoms. The maximum absolute atomic E-state index is 12.2. The Hall–Kier alpha value is -2.31. The molecule has 7 nitrogen and oxygen atoms in total. The first kappa shape index (κ1) is 16.1. The molecule has 0 spiro atoms. The van der Waals surface area contributed by atoms with Crippen LogP contribution in [0.15, 0.2) is 22.4 Å². The van der Waals surface area contributed by atoms with Crippen LogP contribution in [0.4, 0.5) is 5.82 Å². The van der Waals surface area contributed by atoms with Crippen LogP contribution in [0.2, 0.25) is 0 Å². The highest BCUT2D eigenvalue weighted by atomic mass is 16.2. The number of aromatic nitrogens is 2. The fourth-order valence-electron chi connectivity index (χ4n) is 1.96. The highest BCUT2D eigenvalue weighted by Gasteiger charge is 2.25. The molecule has 0 radical (unpaired) electrons. The van der Waals surface area contributed by atoms with Crippen molar-refractivity contribution in [3.8, 4) is 0 Å². The molecule has 0 bridgehead atoms. The van der Waals surface area contributed by atoms with Crippen LogP contribution >= 0.6 is 0 Å². The summed E-state index contributed by atoms with van der Waals surface area (Å²) >= 11 is 0. The van der Waals surface area contributed by atoms with Gasteiger partial charge in [0, 0.05) is 19.5 Å². The van der Waals surface area contributed by atoms with Gasteiger partial charge in [-0.2, -0.15) is 0 Å². The van der Waals surface area contributed by atoms with Gasteiger partial charge in [0.25, 0.3) is 5.91 Å². The van der Waals surface area contributed by atoms with Crippen molar-refractivity contribution in [2.24, 2.45) is 27.6 Å². The number of amides is 1. The van der Waals surface area contributed by atoms with Gasteiger partial charge < -0.3 is 10.6 Å². The van der Waals surface area contributed by atoms with Crippen LogP contribution in [0.25, 0.3) is 0 Å². The first-order valence-corrected chi connectivity index (χ1v) is 7.41. The third kappa shape index (κ3) is 4.34. The molecule has 1 amide bonds. The SMILES string of the molecule is CC(C)C(N=CN)=Nc1cnc(C(=O)N(C)CC2CC2)cn1. The van der Waals surface area contributed by atoms with Gasteiger partial charge in [0.1, 0.15) is 11.5 Å². The lowest BCUT2D eigenvalue weighted by molar-refractivity contribution is 0.0782. The molecule has 0 atom stereocenters. The van der Waals surface area contributed by atoms with Crippen molar-refractivity contribution in [3.05, 3.63) is 18.1 Å². The Morgan fingerprint density at radius 2 is 2.18 bits per heavy atom. The Bertz CT molecular complexity index is 574. The maximum Gasteiger partial charge on any atom is 0.273 e. The summed E-state index contributed by atoms with van der Waals surface area (Å²) in [6, 6.07) is 0. The smallest absolute Gasteiger partial charge is 0.273 e. The minimum atomic E-state index is -0.112. The summed E-state index contributed by atoms with van der Waals surface area (Å²) in [6.45, 7) is 4.71. The number of nitrogens with two attached hydrogens (primary N) is 1. The van der Waals surface area contributed by atoms with E-state index in [-0.39, 0.29) is 11.8 Å². The van der Waals surface area contributed by atoms with E-state index in [1.807, 2.05) is 13.8 Å². The topological polar surface area (TPSA) is 96.8 Å². The molecule has 2 rings (SSSR count). The molecule has 118 valence electrons. The lowest BCUT2D eigenvalue weighted by atomic mass is 10.2. The van der Waals surface area contributed by atoms with Crippen molar-refractivity contribution in [1.29, 1.82) is 0 Å². The Labute approximate surface area is 130 Å². The zero-order chi connectivity index (χ0) is 16.1. The van der Waals surface area contributed by atoms with E-state index in [0.717, 1.165) is 6.54 Å². The molecule has 2 N–H and O–H groups in total. The minimum Gasteiger partial charge on any atom is -0.390 e. The van der Waals surface area contributed by atoms with E-state index in [0.29, 0.717) is 23.3 Å². The molecule has 1 aliphatic carbocycles. The summed E-state index contributed by atoms with van der Waals surface area (Å²) in [5, 5.41) is 0. The molecular formula is C15H22N6O. The average Bonchev–Trinajstić information content (AvgIpc) is 3.30. The Morgan fingerprint density at radius 1 is 1.45 bits per heavy atom. The van der Waals surface area contributed by atoms with Gasteiger partial charge in [0.2, 0.25) is 0 Å². The molecule has 1 aliphatic rings. The lowest BCUT2D eigenvalue weighted by Crippen LogP contribution is -2.29. The van der Waals surface area contributed by atoms with Crippen LogP contribution in [-0.2, 0) is 0 Å². The number of amidine groups is 1. The summed E-state index contributed by atoms with van der Waals surface area (Å²) in [5.41, 5.74) is 5.63. The first-order chi connectivity index (χ1) is 10.5. The van der Waals surface area contributed by atoms with Gasteiger partial charge >= 0.3 is 0 Å². The van der Waals surface area contributed by atoms with Gasteiger partial charge in [-0.15, -0.1) is 0 Å². The molecule has 1 aromatic heterocycles. The Morgan fingerprint density at radius 3 is 2.68 bits per heavy atom. The molecule has 1 fully saturated rings. The van der Waals surface area contributed by atoms with Crippen molar-refractivity contribution >= 4 is 23.9 Å². The molecule has 1 heterocycles. The standard InChI is InChI=1S/C15H22N6O/c1-10(2)14(19-9-16)20-13-7-17-12(6-18-13)15(22)21(3)8-11-4-5-11/h6-7,9-11H,4-5,8H2,1-3H3,(H2,16,18,19,20). The number of hydrogen-bond acceptors (Lipinski definition) is 4. The monoisotopic (exact) mass is 302 g/mol. The molecule has 22 heavy (non-hydrogen) atoms. The zero-order valence-electron chi connectivity index (χ0n) is 13.2. The Kier molecular flexibility index (Phi) is 5.19. The highest BCUT2D eigenvalue weighted by molar-refractivity contribution is 5.93. The van der Waals surface area contributed by atoms with Crippen LogP contribution in [-0.4, -0.2) is 46.5 Å². The average molecular weight is 302 g/mol. The summed E-state index contributed by atoms with van der Waals surface area (Å²) < 4.78 is 0. The van der Waals surface area contributed by atoms with Gasteiger partial charge in [-0.1, -0.05) is 13.8 Å². The predicted octanol–water partition coefficient (Wildman–Crippen LogP) is 1.63. The number of rotatable bonds is 5. The third-order valence-electron chi connectivity index (χ3n) is 3.39. The number of aliphatic imine (C=N–C) groups is 2. The van der Waals surface area contributed by atoms with Gasteiger partial charge in [-0.3, -0.25) is 4.79 Å². The molecular weight excluding hydrogens is 280 g/mol. The van der Waals surface area contributed by atoms with Crippen molar-refractivity contribution in [1.82, 2.24) is 14.9 Å². The largest absolute Gasteiger partial charge is 0.390 e. The second kappa shape index (κ2) is 7.11. The van der Waals surface area contributed by atoms with E-state index in [2.05, 4.69) is 20.0 Å². The number of nitrogens with zero attached hydrogens (tertiary/aromatic N) is 5. The summed E-state index contributed by atoms with van der Waals surface area (Å²) in [4.78, 5) is 30.5. The zero-order valence-corrected chi connectivity index (χ0v) is 13.2. The van der Waals surface area contributed by atoms with Gasteiger partial charge in [0.05, 0.1) is 18.7 Å². The highest BCUT2D eigenvalue weighted by Crippen LogP contribution is 2.29. The van der Waals surface area contributed by atoms with Crippen molar-refractivity contribution in [3.63, 3.8) is 0 Å². The third-order valence-corrected chi connectivity index (χ3v) is 3.39. The molecule has 0 unspecified atom stereocenters. The van der Waals surface area contributed by atoms with E-state index in [1.54, 1.807) is 11.9 Å². The summed E-state index contributed by atoms with van der Waals surface area (Å²) in [6.07, 6.45) is 6.55. The fourth-order valence-corrected chi connectivity index (χ4v) is 1.96. The van der Waals surface area contributed by atoms with Crippen LogP contribution in [0, 0.1) is 11.8 Å². The Balaban J connectivity index is 2.08. The van der Waals surface area contributed by atoms with Crippen LogP contribution in [0.3, 0.4) is 0 Å². The van der Waals surface area contributed by atoms with Crippen LogP contribution in [0.5, 0.6) is 0 Å². The predicted molar refractivity (Wildman–Crippen MR) is 86.3 cm³/mol. The summed E-state index contributed by atoms with van der Waals surface area (Å²) in [7, 11) is 1.79. The van der Waals surface area contributed by atoms with Crippen molar-refractivity contribution in [2.45, 2.75) is 26.7 Å². The van der Waals surface area contributed by atoms with E-state index >= 15 is 0 Å². The fraction of sp³-hybridized carbons (Fsp3) is 0.533. The maximum atomic E-state index is 12.2. The molecule has 0 aromatic carbocycles. The normalized spacial score (nSPS) is 15.5. The van der Waals surface area contributed by atoms with Gasteiger partial charge in [0.15, 0.2) is 5.82 Å². The van der Waals surface area contributed by atoms with Crippen LogP contribution < -0.4 is 5.73 Å². The number of carbonyl (C=O) groups is 1. The summed E-state index contributed by atoms with van der Waals surface area (Å²) in [5.74, 6) is 1.64. The minimum absolute atomic E-state index is 0.112. The first-order valence-electron chi connectivity index (χ1n) is 7.41. The lowest BCUT2D eigenvalue weighted by Gasteiger charge is -2.15. The van der Waals surface area contributed by atoms with E-state index in [4.69, 9.17) is 5.73 Å². The number of carbonyl (C=O) groups excluding carboxylic acids is 1. The van der Waals surface area contributed by atoms with E-state index in [1.165, 1.54) is 31.6 Å². The second-order valence-electron chi connectivity index (χ2n) is 5.79. The molecule has 0 aliphatic heterocycles.